The zero-order valence-corrected chi connectivity index (χ0v) is 10.9. The van der Waals surface area contributed by atoms with Crippen molar-refractivity contribution in [2.75, 3.05) is 5.32 Å². The van der Waals surface area contributed by atoms with E-state index in [0.717, 1.165) is 5.56 Å². The Balaban J connectivity index is 2.20. The quantitative estimate of drug-likeness (QED) is 0.902. The highest BCUT2D eigenvalue weighted by atomic mass is 19.1. The molecule has 0 aliphatic heterocycles. The molecule has 2 aromatic rings. The number of rotatable bonds is 4. The fraction of sp³-hybridized carbons (Fsp3) is 0.133. The van der Waals surface area contributed by atoms with Gasteiger partial charge in [0.25, 0.3) is 0 Å². The van der Waals surface area contributed by atoms with E-state index in [1.807, 2.05) is 6.92 Å². The summed E-state index contributed by atoms with van der Waals surface area (Å²) < 4.78 is 26.8. The second kappa shape index (κ2) is 5.69. The smallest absolute Gasteiger partial charge is 0.248 e. The van der Waals surface area contributed by atoms with Crippen molar-refractivity contribution >= 4 is 11.6 Å². The molecule has 104 valence electrons. The molecular weight excluding hydrogens is 262 g/mol. The molecule has 0 bridgehead atoms. The van der Waals surface area contributed by atoms with Crippen molar-refractivity contribution < 1.29 is 13.6 Å². The molecule has 0 aromatic heterocycles. The number of hydrogen-bond acceptors (Lipinski definition) is 2. The second-order valence-electron chi connectivity index (χ2n) is 4.48. The normalized spacial score (nSPS) is 10.3. The number of carbonyl (C=O) groups is 1. The van der Waals surface area contributed by atoms with E-state index in [2.05, 4.69) is 5.32 Å². The molecule has 0 aliphatic rings. The topological polar surface area (TPSA) is 55.1 Å². The maximum atomic E-state index is 13.6. The molecule has 0 aliphatic carbocycles. The standard InChI is InChI=1S/C15H14F2N2O/c1-9-2-4-12(16)6-11(9)8-19-14-7-10(15(18)20)3-5-13(14)17/h2-7,19H,8H2,1H3,(H2,18,20). The highest BCUT2D eigenvalue weighted by Gasteiger charge is 2.08. The number of primary amides is 1. The summed E-state index contributed by atoms with van der Waals surface area (Å²) in [6.45, 7) is 2.09. The lowest BCUT2D eigenvalue weighted by molar-refractivity contribution is 0.100. The van der Waals surface area contributed by atoms with E-state index < -0.39 is 11.7 Å². The van der Waals surface area contributed by atoms with E-state index in [1.165, 1.54) is 30.3 Å². The van der Waals surface area contributed by atoms with Crippen LogP contribution in [0.25, 0.3) is 0 Å². The lowest BCUT2D eigenvalue weighted by atomic mass is 10.1. The largest absolute Gasteiger partial charge is 0.379 e. The van der Waals surface area contributed by atoms with Gasteiger partial charge in [0, 0.05) is 12.1 Å². The fourth-order valence-corrected chi connectivity index (χ4v) is 1.83. The second-order valence-corrected chi connectivity index (χ2v) is 4.48. The van der Waals surface area contributed by atoms with Gasteiger partial charge in [0.15, 0.2) is 0 Å². The van der Waals surface area contributed by atoms with Gasteiger partial charge in [-0.3, -0.25) is 4.79 Å². The average molecular weight is 276 g/mol. The van der Waals surface area contributed by atoms with Crippen LogP contribution in [0.2, 0.25) is 0 Å². The van der Waals surface area contributed by atoms with Crippen molar-refractivity contribution in [2.45, 2.75) is 13.5 Å². The van der Waals surface area contributed by atoms with Crippen molar-refractivity contribution in [3.63, 3.8) is 0 Å². The van der Waals surface area contributed by atoms with Crippen molar-refractivity contribution in [2.24, 2.45) is 5.73 Å². The summed E-state index contributed by atoms with van der Waals surface area (Å²) in [6.07, 6.45) is 0. The van der Waals surface area contributed by atoms with Crippen LogP contribution < -0.4 is 11.1 Å². The van der Waals surface area contributed by atoms with Gasteiger partial charge < -0.3 is 11.1 Å². The van der Waals surface area contributed by atoms with Crippen LogP contribution in [0.3, 0.4) is 0 Å². The highest BCUT2D eigenvalue weighted by molar-refractivity contribution is 5.93. The summed E-state index contributed by atoms with van der Waals surface area (Å²) in [5, 5.41) is 2.84. The Morgan fingerprint density at radius 3 is 2.65 bits per heavy atom. The highest BCUT2D eigenvalue weighted by Crippen LogP contribution is 2.18. The van der Waals surface area contributed by atoms with Crippen LogP contribution in [0.5, 0.6) is 0 Å². The van der Waals surface area contributed by atoms with Crippen LogP contribution in [-0.2, 0) is 6.54 Å². The van der Waals surface area contributed by atoms with Crippen molar-refractivity contribution in [1.29, 1.82) is 0 Å². The number of benzene rings is 2. The molecular formula is C15H14F2N2O. The van der Waals surface area contributed by atoms with Gasteiger partial charge in [-0.25, -0.2) is 8.78 Å². The van der Waals surface area contributed by atoms with Gasteiger partial charge in [-0.2, -0.15) is 0 Å². The van der Waals surface area contributed by atoms with Gasteiger partial charge in [-0.15, -0.1) is 0 Å². The van der Waals surface area contributed by atoms with Crippen LogP contribution in [0, 0.1) is 18.6 Å². The SMILES string of the molecule is Cc1ccc(F)cc1CNc1cc(C(N)=O)ccc1F. The van der Waals surface area contributed by atoms with Crippen LogP contribution in [0.4, 0.5) is 14.5 Å². The van der Waals surface area contributed by atoms with Gasteiger partial charge in [0.2, 0.25) is 5.91 Å². The number of hydrogen-bond donors (Lipinski definition) is 2. The molecule has 1 amide bonds. The van der Waals surface area contributed by atoms with Crippen LogP contribution >= 0.6 is 0 Å². The molecule has 3 N–H and O–H groups in total. The van der Waals surface area contributed by atoms with E-state index in [9.17, 15) is 13.6 Å². The summed E-state index contributed by atoms with van der Waals surface area (Å²) in [7, 11) is 0. The van der Waals surface area contributed by atoms with E-state index in [4.69, 9.17) is 5.73 Å². The maximum Gasteiger partial charge on any atom is 0.248 e. The third-order valence-corrected chi connectivity index (χ3v) is 3.03. The van der Waals surface area contributed by atoms with Gasteiger partial charge in [0.05, 0.1) is 5.69 Å². The Kier molecular flexibility index (Phi) is 3.98. The van der Waals surface area contributed by atoms with Crippen molar-refractivity contribution in [3.8, 4) is 0 Å². The summed E-state index contributed by atoms with van der Waals surface area (Å²) in [4.78, 5) is 11.1. The first-order chi connectivity index (χ1) is 9.47. The minimum atomic E-state index is -0.630. The van der Waals surface area contributed by atoms with Crippen LogP contribution in [0.15, 0.2) is 36.4 Å². The number of nitrogens with two attached hydrogens (primary N) is 1. The molecule has 20 heavy (non-hydrogen) atoms. The van der Waals surface area contributed by atoms with Gasteiger partial charge in [-0.05, 0) is 48.4 Å². The molecule has 0 heterocycles. The number of halogens is 2. The lowest BCUT2D eigenvalue weighted by Gasteiger charge is -2.11. The first-order valence-corrected chi connectivity index (χ1v) is 6.05. The summed E-state index contributed by atoms with van der Waals surface area (Å²) in [5.74, 6) is -1.47. The molecule has 2 rings (SSSR count). The number of carbonyl (C=O) groups excluding carboxylic acids is 1. The molecule has 0 radical (unpaired) electrons. The molecule has 5 heteroatoms. The van der Waals surface area contributed by atoms with E-state index in [1.54, 1.807) is 6.07 Å². The van der Waals surface area contributed by atoms with E-state index in [-0.39, 0.29) is 23.6 Å². The predicted molar refractivity (Wildman–Crippen MR) is 73.4 cm³/mol. The average Bonchev–Trinajstić information content (AvgIpc) is 2.41. The van der Waals surface area contributed by atoms with Crippen molar-refractivity contribution in [1.82, 2.24) is 0 Å². The van der Waals surface area contributed by atoms with E-state index in [0.29, 0.717) is 5.56 Å². The third-order valence-electron chi connectivity index (χ3n) is 3.03. The Bertz CT molecular complexity index is 656. The molecule has 0 saturated heterocycles. The Morgan fingerprint density at radius 2 is 1.95 bits per heavy atom. The maximum absolute atomic E-state index is 13.6. The van der Waals surface area contributed by atoms with Gasteiger partial charge in [-0.1, -0.05) is 6.07 Å². The van der Waals surface area contributed by atoms with Crippen molar-refractivity contribution in [3.05, 3.63) is 64.7 Å². The molecule has 0 spiro atoms. The van der Waals surface area contributed by atoms with Crippen LogP contribution in [-0.4, -0.2) is 5.91 Å². The molecule has 3 nitrogen and oxygen atoms in total. The molecule has 2 aromatic carbocycles. The lowest BCUT2D eigenvalue weighted by Crippen LogP contribution is -2.12. The summed E-state index contributed by atoms with van der Waals surface area (Å²) in [6, 6.07) is 8.23. The van der Waals surface area contributed by atoms with Crippen LogP contribution in [0.1, 0.15) is 21.5 Å². The Hall–Kier alpha value is -2.43. The molecule has 0 unspecified atom stereocenters. The number of amides is 1. The minimum absolute atomic E-state index is 0.157. The van der Waals surface area contributed by atoms with Gasteiger partial charge in [0.1, 0.15) is 11.6 Å². The molecule has 0 fully saturated rings. The molecule has 0 atom stereocenters. The Morgan fingerprint density at radius 1 is 1.20 bits per heavy atom. The third kappa shape index (κ3) is 3.12. The van der Waals surface area contributed by atoms with E-state index >= 15 is 0 Å². The first-order valence-electron chi connectivity index (χ1n) is 6.05. The monoisotopic (exact) mass is 276 g/mol. The minimum Gasteiger partial charge on any atom is -0.379 e. The molecule has 0 saturated carbocycles. The fourth-order valence-electron chi connectivity index (χ4n) is 1.83. The first kappa shape index (κ1) is 14.0. The number of aryl methyl sites for hydroxylation is 1. The van der Waals surface area contributed by atoms with Gasteiger partial charge >= 0.3 is 0 Å². The Labute approximate surface area is 115 Å². The summed E-state index contributed by atoms with van der Waals surface area (Å²) >= 11 is 0. The summed E-state index contributed by atoms with van der Waals surface area (Å²) in [5.41, 5.74) is 7.13. The predicted octanol–water partition coefficient (Wildman–Crippen LogP) is 2.98. The zero-order chi connectivity index (χ0) is 14.7. The number of anilines is 1. The number of nitrogens with one attached hydrogen (secondary N) is 1. The zero-order valence-electron chi connectivity index (χ0n) is 10.9.